The Morgan fingerprint density at radius 2 is 2.21 bits per heavy atom. The van der Waals surface area contributed by atoms with Gasteiger partial charge >= 0.3 is 0 Å². The molecule has 2 heterocycles. The number of rotatable bonds is 1. The molecule has 0 spiro atoms. The van der Waals surface area contributed by atoms with E-state index < -0.39 is 0 Å². The molecule has 0 aromatic carbocycles. The second-order valence-electron chi connectivity index (χ2n) is 4.63. The number of hydrogen-bond acceptors (Lipinski definition) is 2. The lowest BCUT2D eigenvalue weighted by Gasteiger charge is -2.13. The average molecular weight is 190 g/mol. The Balaban J connectivity index is 2.35. The molecule has 0 saturated heterocycles. The first-order chi connectivity index (χ1) is 6.48. The van der Waals surface area contributed by atoms with E-state index >= 15 is 0 Å². The molecule has 1 aliphatic heterocycles. The standard InChI is InChI=1S/C11H14N2O/c1-11(2,3)10(14)9-7-8-5-4-6-13(8)12-9/h4,6-7H,5H2,1-3H3. The van der Waals surface area contributed by atoms with Crippen molar-refractivity contribution in [2.24, 2.45) is 5.41 Å². The van der Waals surface area contributed by atoms with Gasteiger partial charge in [-0.2, -0.15) is 5.10 Å². The van der Waals surface area contributed by atoms with E-state index in [9.17, 15) is 4.79 Å². The lowest BCUT2D eigenvalue weighted by Crippen LogP contribution is -2.20. The summed E-state index contributed by atoms with van der Waals surface area (Å²) in [6.07, 6.45) is 4.81. The summed E-state index contributed by atoms with van der Waals surface area (Å²) in [6.45, 7) is 5.74. The highest BCUT2D eigenvalue weighted by atomic mass is 16.1. The minimum absolute atomic E-state index is 0.104. The van der Waals surface area contributed by atoms with E-state index in [-0.39, 0.29) is 11.2 Å². The maximum absolute atomic E-state index is 11.9. The molecule has 0 unspecified atom stereocenters. The van der Waals surface area contributed by atoms with Crippen molar-refractivity contribution in [3.05, 3.63) is 23.5 Å². The van der Waals surface area contributed by atoms with Crippen molar-refractivity contribution in [2.45, 2.75) is 27.2 Å². The first kappa shape index (κ1) is 9.19. The Morgan fingerprint density at radius 1 is 1.50 bits per heavy atom. The molecule has 14 heavy (non-hydrogen) atoms. The van der Waals surface area contributed by atoms with Crippen LogP contribution in [0, 0.1) is 5.41 Å². The van der Waals surface area contributed by atoms with Crippen molar-refractivity contribution < 1.29 is 4.79 Å². The van der Waals surface area contributed by atoms with E-state index in [2.05, 4.69) is 5.10 Å². The zero-order valence-corrected chi connectivity index (χ0v) is 8.74. The SMILES string of the molecule is CC(C)(C)C(=O)c1cc2n(n1)C=CC2. The Bertz CT molecular complexity index is 407. The van der Waals surface area contributed by atoms with Gasteiger partial charge in [0, 0.05) is 23.7 Å². The number of ketones is 1. The molecule has 74 valence electrons. The van der Waals surface area contributed by atoms with Crippen molar-refractivity contribution in [2.75, 3.05) is 0 Å². The number of hydrogen-bond donors (Lipinski definition) is 0. The van der Waals surface area contributed by atoms with Crippen LogP contribution < -0.4 is 0 Å². The van der Waals surface area contributed by atoms with Crippen LogP contribution in [-0.2, 0) is 6.42 Å². The normalized spacial score (nSPS) is 14.5. The van der Waals surface area contributed by atoms with Gasteiger partial charge in [0.15, 0.2) is 5.78 Å². The summed E-state index contributed by atoms with van der Waals surface area (Å²) in [6, 6.07) is 1.88. The third-order valence-corrected chi connectivity index (χ3v) is 2.30. The second-order valence-corrected chi connectivity index (χ2v) is 4.63. The van der Waals surface area contributed by atoms with E-state index in [1.807, 2.05) is 39.1 Å². The molecule has 0 bridgehead atoms. The molecular weight excluding hydrogens is 176 g/mol. The zero-order valence-electron chi connectivity index (χ0n) is 8.74. The summed E-state index contributed by atoms with van der Waals surface area (Å²) in [7, 11) is 0. The van der Waals surface area contributed by atoms with Gasteiger partial charge < -0.3 is 0 Å². The van der Waals surface area contributed by atoms with Gasteiger partial charge in [0.25, 0.3) is 0 Å². The Kier molecular flexibility index (Phi) is 1.84. The van der Waals surface area contributed by atoms with E-state index in [0.717, 1.165) is 12.1 Å². The van der Waals surface area contributed by atoms with Crippen LogP contribution in [0.5, 0.6) is 0 Å². The predicted molar refractivity (Wildman–Crippen MR) is 55.0 cm³/mol. The molecule has 3 heteroatoms. The molecular formula is C11H14N2O. The number of aromatic nitrogens is 2. The maximum Gasteiger partial charge on any atom is 0.188 e. The topological polar surface area (TPSA) is 34.9 Å². The lowest BCUT2D eigenvalue weighted by atomic mass is 9.89. The molecule has 0 amide bonds. The van der Waals surface area contributed by atoms with Gasteiger partial charge in [-0.05, 0) is 6.07 Å². The molecule has 0 saturated carbocycles. The van der Waals surface area contributed by atoms with Crippen LogP contribution in [0.3, 0.4) is 0 Å². The highest BCUT2D eigenvalue weighted by Gasteiger charge is 2.26. The van der Waals surface area contributed by atoms with Crippen LogP contribution in [-0.4, -0.2) is 15.6 Å². The Labute approximate surface area is 83.4 Å². The van der Waals surface area contributed by atoms with Gasteiger partial charge in [0.2, 0.25) is 0 Å². The Hall–Kier alpha value is -1.38. The molecule has 0 radical (unpaired) electrons. The molecule has 1 aromatic heterocycles. The largest absolute Gasteiger partial charge is 0.292 e. The fraction of sp³-hybridized carbons (Fsp3) is 0.455. The smallest absolute Gasteiger partial charge is 0.188 e. The molecule has 3 nitrogen and oxygen atoms in total. The fourth-order valence-corrected chi connectivity index (χ4v) is 1.48. The van der Waals surface area contributed by atoms with Gasteiger partial charge in [-0.15, -0.1) is 0 Å². The highest BCUT2D eigenvalue weighted by Crippen LogP contribution is 2.22. The number of allylic oxidation sites excluding steroid dienone is 1. The molecule has 0 N–H and O–H groups in total. The van der Waals surface area contributed by atoms with Crippen molar-refractivity contribution in [3.8, 4) is 0 Å². The summed E-state index contributed by atoms with van der Waals surface area (Å²) in [5.74, 6) is 0.104. The summed E-state index contributed by atoms with van der Waals surface area (Å²) in [4.78, 5) is 11.9. The van der Waals surface area contributed by atoms with Crippen molar-refractivity contribution in [1.82, 2.24) is 9.78 Å². The van der Waals surface area contributed by atoms with Crippen LogP contribution in [0.1, 0.15) is 37.0 Å². The third kappa shape index (κ3) is 1.39. The van der Waals surface area contributed by atoms with Crippen LogP contribution >= 0.6 is 0 Å². The minimum atomic E-state index is -0.348. The van der Waals surface area contributed by atoms with Gasteiger partial charge in [0.1, 0.15) is 5.69 Å². The maximum atomic E-state index is 11.9. The monoisotopic (exact) mass is 190 g/mol. The number of Topliss-reactive ketones (excluding diaryl/α,β-unsaturated/α-hetero) is 1. The van der Waals surface area contributed by atoms with Gasteiger partial charge in [-0.1, -0.05) is 26.8 Å². The summed E-state index contributed by atoms with van der Waals surface area (Å²) in [5.41, 5.74) is 1.33. The zero-order chi connectivity index (χ0) is 10.3. The van der Waals surface area contributed by atoms with E-state index in [0.29, 0.717) is 5.69 Å². The molecule has 0 fully saturated rings. The summed E-state index contributed by atoms with van der Waals surface area (Å²) < 4.78 is 1.78. The molecule has 0 aliphatic carbocycles. The summed E-state index contributed by atoms with van der Waals surface area (Å²) in [5, 5.41) is 4.24. The van der Waals surface area contributed by atoms with Crippen molar-refractivity contribution >= 4 is 12.0 Å². The van der Waals surface area contributed by atoms with E-state index in [1.165, 1.54) is 0 Å². The molecule has 0 atom stereocenters. The number of carbonyl (C=O) groups excluding carboxylic acids is 1. The quantitative estimate of drug-likeness (QED) is 0.636. The van der Waals surface area contributed by atoms with Crippen LogP contribution in [0.25, 0.3) is 6.20 Å². The fourth-order valence-electron chi connectivity index (χ4n) is 1.48. The number of fused-ring (bicyclic) bond motifs is 1. The first-order valence-electron chi connectivity index (χ1n) is 4.78. The molecule has 1 aromatic rings. The third-order valence-electron chi connectivity index (χ3n) is 2.30. The highest BCUT2D eigenvalue weighted by molar-refractivity contribution is 5.98. The second kappa shape index (κ2) is 2.80. The lowest BCUT2D eigenvalue weighted by molar-refractivity contribution is 0.0852. The first-order valence-corrected chi connectivity index (χ1v) is 4.78. The molecule has 1 aliphatic rings. The summed E-state index contributed by atoms with van der Waals surface area (Å²) >= 11 is 0. The van der Waals surface area contributed by atoms with Gasteiger partial charge in [-0.25, -0.2) is 4.68 Å². The van der Waals surface area contributed by atoms with Gasteiger partial charge in [-0.3, -0.25) is 4.79 Å². The minimum Gasteiger partial charge on any atom is -0.292 e. The number of nitrogens with zero attached hydrogens (tertiary/aromatic N) is 2. The van der Waals surface area contributed by atoms with Crippen LogP contribution in [0.15, 0.2) is 12.1 Å². The van der Waals surface area contributed by atoms with Crippen molar-refractivity contribution in [3.63, 3.8) is 0 Å². The van der Waals surface area contributed by atoms with E-state index in [1.54, 1.807) is 4.68 Å². The average Bonchev–Trinajstić information content (AvgIpc) is 2.58. The van der Waals surface area contributed by atoms with E-state index in [4.69, 9.17) is 0 Å². The van der Waals surface area contributed by atoms with Crippen LogP contribution in [0.4, 0.5) is 0 Å². The van der Waals surface area contributed by atoms with Crippen molar-refractivity contribution in [1.29, 1.82) is 0 Å². The van der Waals surface area contributed by atoms with Gasteiger partial charge in [0.05, 0.1) is 0 Å². The molecule has 2 rings (SSSR count). The van der Waals surface area contributed by atoms with Crippen LogP contribution in [0.2, 0.25) is 0 Å². The Morgan fingerprint density at radius 3 is 2.79 bits per heavy atom. The predicted octanol–water partition coefficient (Wildman–Crippen LogP) is 2.14. The number of carbonyl (C=O) groups is 1.